The molecule has 5 aliphatic rings. The second-order valence-electron chi connectivity index (χ2n) is 12.9. The summed E-state index contributed by atoms with van der Waals surface area (Å²) < 4.78 is 39.7. The number of nitrogens with zero attached hydrogens (tertiary/aromatic N) is 5. The number of benzene rings is 1. The summed E-state index contributed by atoms with van der Waals surface area (Å²) in [6, 6.07) is 5.33. The Kier molecular flexibility index (Phi) is 4.51. The number of hydrogen-bond acceptors (Lipinski definition) is 4. The maximum Gasteiger partial charge on any atom is 0.433 e. The molecule has 11 heteroatoms. The molecule has 0 unspecified atom stereocenters. The second-order valence-corrected chi connectivity index (χ2v) is 12.9. The highest BCUT2D eigenvalue weighted by molar-refractivity contribution is 5.82. The lowest BCUT2D eigenvalue weighted by molar-refractivity contribution is -0.139. The van der Waals surface area contributed by atoms with Gasteiger partial charge >= 0.3 is 12.2 Å². The number of aromatic amines is 2. The molecule has 2 aliphatic heterocycles. The van der Waals surface area contributed by atoms with Gasteiger partial charge in [0.25, 0.3) is 0 Å². The number of amides is 2. The van der Waals surface area contributed by atoms with Crippen LogP contribution in [0.3, 0.4) is 0 Å². The summed E-state index contributed by atoms with van der Waals surface area (Å²) >= 11 is 0. The van der Waals surface area contributed by atoms with Gasteiger partial charge in [0.2, 0.25) is 0 Å². The fraction of sp³-hybridized carbons (Fsp3) is 0.630. The lowest BCUT2D eigenvalue weighted by Crippen LogP contribution is -2.70. The van der Waals surface area contributed by atoms with Gasteiger partial charge in [0.1, 0.15) is 11.5 Å². The Morgan fingerprint density at radius 1 is 0.947 bits per heavy atom. The Morgan fingerprint density at radius 3 is 2.29 bits per heavy atom. The van der Waals surface area contributed by atoms with E-state index in [2.05, 4.69) is 20.4 Å². The molecule has 2 spiro atoms. The van der Waals surface area contributed by atoms with Crippen LogP contribution in [0.2, 0.25) is 0 Å². The van der Waals surface area contributed by atoms with Crippen LogP contribution >= 0.6 is 0 Å². The van der Waals surface area contributed by atoms with Gasteiger partial charge in [0, 0.05) is 54.2 Å². The summed E-state index contributed by atoms with van der Waals surface area (Å²) in [7, 11) is 0. The zero-order valence-electron chi connectivity index (χ0n) is 21.0. The number of carbonyl (C=O) groups excluding carboxylic acids is 1. The quantitative estimate of drug-likeness (QED) is 0.510. The van der Waals surface area contributed by atoms with Gasteiger partial charge in [-0.2, -0.15) is 23.4 Å². The first-order valence-electron chi connectivity index (χ1n) is 13.7. The highest BCUT2D eigenvalue weighted by atomic mass is 19.4. The van der Waals surface area contributed by atoms with Crippen LogP contribution < -0.4 is 0 Å². The molecule has 2 saturated heterocycles. The van der Waals surface area contributed by atoms with Crippen molar-refractivity contribution in [2.45, 2.75) is 63.0 Å². The fourth-order valence-corrected chi connectivity index (χ4v) is 7.73. The van der Waals surface area contributed by atoms with Gasteiger partial charge in [-0.15, -0.1) is 0 Å². The van der Waals surface area contributed by atoms with Crippen molar-refractivity contribution in [2.75, 3.05) is 26.2 Å². The van der Waals surface area contributed by atoms with E-state index in [4.69, 9.17) is 4.98 Å². The van der Waals surface area contributed by atoms with Crippen LogP contribution in [0, 0.1) is 16.7 Å². The van der Waals surface area contributed by atoms with Crippen molar-refractivity contribution in [3.05, 3.63) is 41.1 Å². The van der Waals surface area contributed by atoms with E-state index >= 15 is 0 Å². The number of nitrogens with one attached hydrogen (secondary N) is 2. The number of urea groups is 1. The predicted molar refractivity (Wildman–Crippen MR) is 131 cm³/mol. The van der Waals surface area contributed by atoms with Crippen molar-refractivity contribution in [1.29, 1.82) is 0 Å². The minimum Gasteiger partial charge on any atom is -0.323 e. The van der Waals surface area contributed by atoms with Crippen molar-refractivity contribution in [2.24, 2.45) is 16.7 Å². The van der Waals surface area contributed by atoms with E-state index in [9.17, 15) is 18.0 Å². The van der Waals surface area contributed by atoms with Crippen LogP contribution in [0.5, 0.6) is 0 Å². The molecule has 2 amide bonds. The molecule has 0 atom stereocenters. The molecular weight excluding hydrogens is 495 g/mol. The third-order valence-corrected chi connectivity index (χ3v) is 9.72. The van der Waals surface area contributed by atoms with Crippen LogP contribution in [0.25, 0.3) is 10.9 Å². The number of fused-ring (bicyclic) bond motifs is 1. The monoisotopic (exact) mass is 525 g/mol. The van der Waals surface area contributed by atoms with Gasteiger partial charge in [0.15, 0.2) is 5.82 Å². The van der Waals surface area contributed by atoms with Gasteiger partial charge in [0.05, 0.1) is 5.52 Å². The summed E-state index contributed by atoms with van der Waals surface area (Å²) in [5, 5.41) is 13.6. The van der Waals surface area contributed by atoms with E-state index in [1.807, 2.05) is 15.9 Å². The van der Waals surface area contributed by atoms with E-state index in [1.165, 1.54) is 12.8 Å². The molecule has 8 nitrogen and oxygen atoms in total. The van der Waals surface area contributed by atoms with Crippen molar-refractivity contribution < 1.29 is 18.0 Å². The Bertz CT molecular complexity index is 1410. The lowest BCUT2D eigenvalue weighted by atomic mass is 9.56. The summed E-state index contributed by atoms with van der Waals surface area (Å²) in [5.74, 6) is 3.46. The Labute approximate surface area is 217 Å². The first-order chi connectivity index (χ1) is 18.2. The first-order valence-corrected chi connectivity index (χ1v) is 13.7. The summed E-state index contributed by atoms with van der Waals surface area (Å²) in [4.78, 5) is 21.7. The minimum atomic E-state index is -4.44. The van der Waals surface area contributed by atoms with Crippen LogP contribution in [-0.2, 0) is 12.6 Å². The molecule has 0 bridgehead atoms. The van der Waals surface area contributed by atoms with Crippen LogP contribution in [0.4, 0.5) is 18.0 Å². The van der Waals surface area contributed by atoms with E-state index in [1.54, 1.807) is 12.1 Å². The molecule has 5 fully saturated rings. The average molecular weight is 526 g/mol. The Hall–Kier alpha value is -3.11. The molecule has 2 N–H and O–H groups in total. The molecule has 1 aromatic carbocycles. The Morgan fingerprint density at radius 2 is 1.63 bits per heavy atom. The van der Waals surface area contributed by atoms with Gasteiger partial charge in [-0.05, 0) is 68.6 Å². The highest BCUT2D eigenvalue weighted by Gasteiger charge is 2.58. The van der Waals surface area contributed by atoms with Crippen molar-refractivity contribution in [3.63, 3.8) is 0 Å². The standard InChI is InChI=1S/C27H30F3N7O/c28-27(29,30)21-19-6-15(1-4-20(19)32-33-21)5-16-7-25(8-16)11-36(12-25)24(38)37-13-26(14-37)9-18(10-26)23-31-22(34-35-23)17-2-3-17/h1,4,6,16-18H,2-3,5,7-14H2,(H,32,33)(H,31,34,35). The van der Waals surface area contributed by atoms with Crippen molar-refractivity contribution in [3.8, 4) is 0 Å². The Balaban J connectivity index is 0.804. The van der Waals surface area contributed by atoms with E-state index in [0.717, 1.165) is 75.5 Å². The molecule has 0 radical (unpaired) electrons. The molecule has 3 aliphatic carbocycles. The third kappa shape index (κ3) is 3.56. The maximum atomic E-state index is 13.2. The number of H-pyrrole nitrogens is 2. The molecule has 2 aromatic heterocycles. The minimum absolute atomic E-state index is 0.137. The third-order valence-electron chi connectivity index (χ3n) is 9.72. The SMILES string of the molecule is O=C(N1CC2(CC(Cc3ccc4n[nH]c(C(F)(F)F)c4c3)C2)C1)N1CC2(CC(c3n[nH]c(C4CC4)n3)C2)C1. The zero-order chi connectivity index (χ0) is 25.9. The zero-order valence-corrected chi connectivity index (χ0v) is 21.0. The molecular formula is C27H30F3N7O. The van der Waals surface area contributed by atoms with Crippen LogP contribution in [0.1, 0.15) is 73.3 Å². The summed E-state index contributed by atoms with van der Waals surface area (Å²) in [5.41, 5.74) is 0.928. The number of aromatic nitrogens is 5. The maximum absolute atomic E-state index is 13.2. The van der Waals surface area contributed by atoms with Gasteiger partial charge in [-0.25, -0.2) is 9.78 Å². The van der Waals surface area contributed by atoms with Gasteiger partial charge in [-0.1, -0.05) is 6.07 Å². The first kappa shape index (κ1) is 22.8. The molecule has 3 saturated carbocycles. The largest absolute Gasteiger partial charge is 0.433 e. The highest BCUT2D eigenvalue weighted by Crippen LogP contribution is 2.57. The molecule has 38 heavy (non-hydrogen) atoms. The van der Waals surface area contributed by atoms with Gasteiger partial charge < -0.3 is 9.80 Å². The van der Waals surface area contributed by atoms with Crippen molar-refractivity contribution in [1.82, 2.24) is 35.2 Å². The van der Waals surface area contributed by atoms with E-state index in [0.29, 0.717) is 23.3 Å². The topological polar surface area (TPSA) is 93.8 Å². The van der Waals surface area contributed by atoms with E-state index in [-0.39, 0.29) is 22.2 Å². The lowest BCUT2D eigenvalue weighted by Gasteiger charge is -2.63. The van der Waals surface area contributed by atoms with Crippen LogP contribution in [-0.4, -0.2) is 67.4 Å². The number of hydrogen-bond donors (Lipinski definition) is 2. The number of likely N-dealkylation sites (tertiary alicyclic amines) is 2. The number of halogens is 3. The smallest absolute Gasteiger partial charge is 0.323 e. The number of carbonyl (C=O) groups is 1. The molecule has 200 valence electrons. The van der Waals surface area contributed by atoms with Crippen LogP contribution in [0.15, 0.2) is 18.2 Å². The predicted octanol–water partition coefficient (Wildman–Crippen LogP) is 4.83. The summed E-state index contributed by atoms with van der Waals surface area (Å²) in [6.45, 7) is 3.28. The second kappa shape index (κ2) is 7.51. The molecule has 4 heterocycles. The molecule has 3 aromatic rings. The van der Waals surface area contributed by atoms with E-state index < -0.39 is 11.9 Å². The average Bonchev–Trinajstić information content (AvgIpc) is 3.33. The summed E-state index contributed by atoms with van der Waals surface area (Å²) in [6.07, 6.45) is 2.94. The molecule has 8 rings (SSSR count). The van der Waals surface area contributed by atoms with Gasteiger partial charge in [-0.3, -0.25) is 10.2 Å². The number of alkyl halides is 3. The fourth-order valence-electron chi connectivity index (χ4n) is 7.73. The normalized spacial score (nSPS) is 24.4. The van der Waals surface area contributed by atoms with Crippen molar-refractivity contribution >= 4 is 16.9 Å². The number of rotatable bonds is 4.